The van der Waals surface area contributed by atoms with E-state index in [1.165, 1.54) is 0 Å². The van der Waals surface area contributed by atoms with Crippen LogP contribution in [0.3, 0.4) is 0 Å². The lowest BCUT2D eigenvalue weighted by atomic mass is 10.5. The third-order valence-corrected chi connectivity index (χ3v) is 6.33. The number of aliphatic hydroxyl groups is 1. The molecule has 0 radical (unpaired) electrons. The van der Waals surface area contributed by atoms with E-state index in [0.717, 1.165) is 6.04 Å². The molecule has 1 atom stereocenters. The molecule has 0 rings (SSSR count). The van der Waals surface area contributed by atoms with Crippen molar-refractivity contribution in [3.63, 3.8) is 0 Å². The third kappa shape index (κ3) is 4.79. The minimum Gasteiger partial charge on any atom is -0.394 e. The van der Waals surface area contributed by atoms with Crippen molar-refractivity contribution in [2.45, 2.75) is 39.0 Å². The summed E-state index contributed by atoms with van der Waals surface area (Å²) in [5, 5.41) is 9.58. The second-order valence-electron chi connectivity index (χ2n) is 3.17. The van der Waals surface area contributed by atoms with Crippen LogP contribution in [0.4, 0.5) is 0 Å². The molecular weight excluding hydrogens is 216 g/mol. The lowest BCUT2D eigenvalue weighted by Gasteiger charge is -2.30. The van der Waals surface area contributed by atoms with Crippen LogP contribution in [-0.4, -0.2) is 38.7 Å². The molecule has 0 aromatic rings. The lowest BCUT2D eigenvalue weighted by molar-refractivity contribution is 0.153. The molecule has 0 aliphatic rings. The molecule has 5 heteroatoms. The van der Waals surface area contributed by atoms with Crippen LogP contribution in [0.1, 0.15) is 20.8 Å². The second kappa shape index (κ2) is 7.70. The van der Waals surface area contributed by atoms with E-state index < -0.39 is 14.7 Å². The smallest absolute Gasteiger partial charge is 0.340 e. The molecule has 0 fully saturated rings. The highest BCUT2D eigenvalue weighted by molar-refractivity contribution is 7.80. The van der Waals surface area contributed by atoms with Gasteiger partial charge >= 0.3 is 8.56 Å². The zero-order valence-electron chi connectivity index (χ0n) is 9.32. The molecule has 0 aromatic carbocycles. The van der Waals surface area contributed by atoms with Crippen LogP contribution >= 0.6 is 12.6 Å². The standard InChI is InChI=1S/C9H22O3SSi/c1-4-11-14(6-3,12-5-2)8-9(10)7-13/h9-10,13H,4-8H2,1-3H3. The number of hydrogen-bond donors (Lipinski definition) is 2. The summed E-state index contributed by atoms with van der Waals surface area (Å²) in [6, 6.07) is 1.49. The molecule has 0 aliphatic carbocycles. The van der Waals surface area contributed by atoms with Crippen molar-refractivity contribution in [3.8, 4) is 0 Å². The van der Waals surface area contributed by atoms with Crippen molar-refractivity contribution < 1.29 is 14.0 Å². The summed E-state index contributed by atoms with van der Waals surface area (Å²) in [5.74, 6) is 0.467. The zero-order chi connectivity index (χ0) is 11.0. The average Bonchev–Trinajstić information content (AvgIpc) is 2.18. The highest BCUT2D eigenvalue weighted by Crippen LogP contribution is 2.21. The van der Waals surface area contributed by atoms with Crippen molar-refractivity contribution in [1.82, 2.24) is 0 Å². The van der Waals surface area contributed by atoms with Gasteiger partial charge in [-0.05, 0) is 19.9 Å². The van der Waals surface area contributed by atoms with E-state index in [1.54, 1.807) is 0 Å². The number of thiol groups is 1. The Labute approximate surface area is 93.5 Å². The fourth-order valence-corrected chi connectivity index (χ4v) is 4.76. The largest absolute Gasteiger partial charge is 0.394 e. The van der Waals surface area contributed by atoms with Crippen molar-refractivity contribution in [1.29, 1.82) is 0 Å². The van der Waals surface area contributed by atoms with Gasteiger partial charge in [0.05, 0.1) is 6.10 Å². The molecule has 0 aliphatic heterocycles. The average molecular weight is 238 g/mol. The molecule has 1 unspecified atom stereocenters. The van der Waals surface area contributed by atoms with Gasteiger partial charge < -0.3 is 14.0 Å². The Morgan fingerprint density at radius 2 is 1.71 bits per heavy atom. The van der Waals surface area contributed by atoms with Gasteiger partial charge in [0.15, 0.2) is 0 Å². The molecule has 0 amide bonds. The van der Waals surface area contributed by atoms with Gasteiger partial charge in [-0.2, -0.15) is 12.6 Å². The molecule has 0 spiro atoms. The normalized spacial score (nSPS) is 14.4. The summed E-state index contributed by atoms with van der Waals surface area (Å²) in [7, 11) is -2.15. The van der Waals surface area contributed by atoms with Gasteiger partial charge in [0.25, 0.3) is 0 Å². The first kappa shape index (κ1) is 14.4. The van der Waals surface area contributed by atoms with E-state index in [1.807, 2.05) is 13.8 Å². The predicted octanol–water partition coefficient (Wildman–Crippen LogP) is 1.81. The highest BCUT2D eigenvalue weighted by Gasteiger charge is 2.37. The SMILES string of the molecule is CCO[Si](CC)(CC(O)CS)OCC. The molecule has 0 aromatic heterocycles. The molecule has 86 valence electrons. The molecule has 0 saturated carbocycles. The summed E-state index contributed by atoms with van der Waals surface area (Å²) >= 11 is 4.06. The summed E-state index contributed by atoms with van der Waals surface area (Å²) in [5.41, 5.74) is 0. The van der Waals surface area contributed by atoms with Crippen molar-refractivity contribution in [2.75, 3.05) is 19.0 Å². The van der Waals surface area contributed by atoms with Crippen LogP contribution in [0.25, 0.3) is 0 Å². The van der Waals surface area contributed by atoms with Gasteiger partial charge in [0.2, 0.25) is 0 Å². The Kier molecular flexibility index (Phi) is 7.95. The lowest BCUT2D eigenvalue weighted by Crippen LogP contribution is -2.44. The van der Waals surface area contributed by atoms with Crippen LogP contribution in [0.15, 0.2) is 0 Å². The number of aliphatic hydroxyl groups excluding tert-OH is 1. The van der Waals surface area contributed by atoms with Gasteiger partial charge in [-0.3, -0.25) is 0 Å². The van der Waals surface area contributed by atoms with Crippen LogP contribution < -0.4 is 0 Å². The van der Waals surface area contributed by atoms with Crippen LogP contribution in [0, 0.1) is 0 Å². The Morgan fingerprint density at radius 1 is 1.21 bits per heavy atom. The summed E-state index contributed by atoms with van der Waals surface area (Å²) in [4.78, 5) is 0. The molecule has 14 heavy (non-hydrogen) atoms. The second-order valence-corrected chi connectivity index (χ2v) is 7.05. The molecule has 0 heterocycles. The van der Waals surface area contributed by atoms with E-state index in [9.17, 15) is 5.11 Å². The minimum atomic E-state index is -2.15. The van der Waals surface area contributed by atoms with Crippen molar-refractivity contribution in [3.05, 3.63) is 0 Å². The van der Waals surface area contributed by atoms with Gasteiger partial charge in [0.1, 0.15) is 0 Å². The quantitative estimate of drug-likeness (QED) is 0.500. The maximum Gasteiger partial charge on any atom is 0.340 e. The summed E-state index contributed by atoms with van der Waals surface area (Å²) < 4.78 is 11.4. The van der Waals surface area contributed by atoms with E-state index >= 15 is 0 Å². The fraction of sp³-hybridized carbons (Fsp3) is 1.00. The first-order chi connectivity index (χ1) is 6.64. The Morgan fingerprint density at radius 3 is 2.00 bits per heavy atom. The topological polar surface area (TPSA) is 38.7 Å². The third-order valence-electron chi connectivity index (χ3n) is 2.11. The van der Waals surface area contributed by atoms with Crippen LogP contribution in [0.5, 0.6) is 0 Å². The maximum absolute atomic E-state index is 9.58. The first-order valence-corrected chi connectivity index (χ1v) is 8.07. The van der Waals surface area contributed by atoms with Gasteiger partial charge in [-0.1, -0.05) is 6.92 Å². The van der Waals surface area contributed by atoms with E-state index in [-0.39, 0.29) is 0 Å². The van der Waals surface area contributed by atoms with Crippen LogP contribution in [-0.2, 0) is 8.85 Å². The Balaban J connectivity index is 4.31. The van der Waals surface area contributed by atoms with Crippen molar-refractivity contribution >= 4 is 21.2 Å². The van der Waals surface area contributed by atoms with Gasteiger partial charge in [-0.25, -0.2) is 0 Å². The van der Waals surface area contributed by atoms with Gasteiger partial charge in [-0.15, -0.1) is 0 Å². The van der Waals surface area contributed by atoms with E-state index in [2.05, 4.69) is 19.6 Å². The minimum absolute atomic E-state index is 0.414. The Hall–Kier alpha value is 0.447. The molecule has 3 nitrogen and oxygen atoms in total. The maximum atomic E-state index is 9.58. The van der Waals surface area contributed by atoms with E-state index in [4.69, 9.17) is 8.85 Å². The molecule has 0 saturated heterocycles. The molecular formula is C9H22O3SSi. The molecule has 0 bridgehead atoms. The highest BCUT2D eigenvalue weighted by atomic mass is 32.1. The fourth-order valence-electron chi connectivity index (χ4n) is 1.46. The number of rotatable bonds is 8. The first-order valence-electron chi connectivity index (χ1n) is 5.20. The summed E-state index contributed by atoms with van der Waals surface area (Å²) in [6.45, 7) is 7.29. The van der Waals surface area contributed by atoms with Crippen molar-refractivity contribution in [2.24, 2.45) is 0 Å². The summed E-state index contributed by atoms with van der Waals surface area (Å²) in [6.07, 6.45) is -0.414. The zero-order valence-corrected chi connectivity index (χ0v) is 11.2. The number of hydrogen-bond acceptors (Lipinski definition) is 4. The monoisotopic (exact) mass is 238 g/mol. The van der Waals surface area contributed by atoms with E-state index in [0.29, 0.717) is 25.0 Å². The van der Waals surface area contributed by atoms with Gasteiger partial charge in [0, 0.05) is 25.0 Å². The molecule has 1 N–H and O–H groups in total. The predicted molar refractivity (Wildman–Crippen MR) is 64.2 cm³/mol. The van der Waals surface area contributed by atoms with Crippen LogP contribution in [0.2, 0.25) is 12.1 Å². The Bertz CT molecular complexity index is 140.